The predicted molar refractivity (Wildman–Crippen MR) is 78.4 cm³/mol. The molecular formula is C17H8N2O3. The van der Waals surface area contributed by atoms with Crippen LogP contribution in [0.3, 0.4) is 0 Å². The summed E-state index contributed by atoms with van der Waals surface area (Å²) in [5, 5.41) is 18.7. The number of ether oxygens (including phenoxy) is 1. The standard InChI is InChI=1S/C17H8N2O3/c18-9-12-2-5-14(7-13(12)10-19)21-15-4-1-11-3-6-17(20)22-16(11)8-15/h1-8H. The van der Waals surface area contributed by atoms with E-state index in [-0.39, 0.29) is 5.56 Å². The first-order chi connectivity index (χ1) is 10.7. The van der Waals surface area contributed by atoms with E-state index in [2.05, 4.69) is 0 Å². The average molecular weight is 288 g/mol. The summed E-state index contributed by atoms with van der Waals surface area (Å²) in [6, 6.07) is 16.6. The van der Waals surface area contributed by atoms with Crippen molar-refractivity contribution >= 4 is 11.0 Å². The Kier molecular flexibility index (Phi) is 3.31. The second kappa shape index (κ2) is 5.43. The SMILES string of the molecule is N#Cc1ccc(Oc2ccc3ccc(=O)oc3c2)cc1C#N. The fraction of sp³-hybridized carbons (Fsp3) is 0. The van der Waals surface area contributed by atoms with Gasteiger partial charge in [-0.25, -0.2) is 4.79 Å². The first-order valence-corrected chi connectivity index (χ1v) is 6.35. The molecule has 1 heterocycles. The van der Waals surface area contributed by atoms with Crippen LogP contribution < -0.4 is 10.4 Å². The quantitative estimate of drug-likeness (QED) is 0.675. The smallest absolute Gasteiger partial charge is 0.336 e. The minimum atomic E-state index is -0.435. The molecule has 0 fully saturated rings. The highest BCUT2D eigenvalue weighted by molar-refractivity contribution is 5.77. The molecule has 0 atom stereocenters. The number of nitriles is 2. The lowest BCUT2D eigenvalue weighted by molar-refractivity contribution is 0.480. The van der Waals surface area contributed by atoms with E-state index in [4.69, 9.17) is 19.7 Å². The van der Waals surface area contributed by atoms with E-state index < -0.39 is 5.63 Å². The van der Waals surface area contributed by atoms with Crippen LogP contribution in [0.5, 0.6) is 11.5 Å². The molecule has 0 N–H and O–H groups in total. The zero-order valence-electron chi connectivity index (χ0n) is 11.2. The van der Waals surface area contributed by atoms with Gasteiger partial charge >= 0.3 is 5.63 Å². The maximum atomic E-state index is 11.2. The molecule has 0 saturated carbocycles. The van der Waals surface area contributed by atoms with Gasteiger partial charge in [-0.3, -0.25) is 0 Å². The fourth-order valence-electron chi connectivity index (χ4n) is 2.02. The Hall–Kier alpha value is -3.57. The average Bonchev–Trinajstić information content (AvgIpc) is 2.54. The van der Waals surface area contributed by atoms with Crippen LogP contribution in [0.4, 0.5) is 0 Å². The Morgan fingerprint density at radius 1 is 0.864 bits per heavy atom. The lowest BCUT2D eigenvalue weighted by atomic mass is 10.1. The molecule has 0 radical (unpaired) electrons. The first-order valence-electron chi connectivity index (χ1n) is 6.35. The molecule has 0 amide bonds. The van der Waals surface area contributed by atoms with Crippen LogP contribution in [0.1, 0.15) is 11.1 Å². The first kappa shape index (κ1) is 13.4. The molecule has 0 aliphatic rings. The van der Waals surface area contributed by atoms with Crippen molar-refractivity contribution in [2.75, 3.05) is 0 Å². The summed E-state index contributed by atoms with van der Waals surface area (Å²) in [6.45, 7) is 0. The third kappa shape index (κ3) is 2.52. The molecule has 3 rings (SSSR count). The molecule has 0 unspecified atom stereocenters. The van der Waals surface area contributed by atoms with Crippen molar-refractivity contribution in [3.05, 3.63) is 70.1 Å². The topological polar surface area (TPSA) is 87.0 Å². The van der Waals surface area contributed by atoms with Gasteiger partial charge in [0.2, 0.25) is 0 Å². The van der Waals surface area contributed by atoms with Crippen molar-refractivity contribution in [1.82, 2.24) is 0 Å². The second-order valence-electron chi connectivity index (χ2n) is 4.49. The zero-order valence-corrected chi connectivity index (χ0v) is 11.2. The molecule has 0 aliphatic heterocycles. The number of rotatable bonds is 2. The third-order valence-corrected chi connectivity index (χ3v) is 3.06. The summed E-state index contributed by atoms with van der Waals surface area (Å²) in [4.78, 5) is 11.2. The summed E-state index contributed by atoms with van der Waals surface area (Å²) < 4.78 is 10.7. The molecule has 0 bridgehead atoms. The van der Waals surface area contributed by atoms with E-state index in [0.29, 0.717) is 22.6 Å². The molecule has 22 heavy (non-hydrogen) atoms. The minimum Gasteiger partial charge on any atom is -0.457 e. The van der Waals surface area contributed by atoms with Crippen molar-refractivity contribution in [2.24, 2.45) is 0 Å². The third-order valence-electron chi connectivity index (χ3n) is 3.06. The molecule has 104 valence electrons. The highest BCUT2D eigenvalue weighted by Crippen LogP contribution is 2.26. The Morgan fingerprint density at radius 2 is 1.55 bits per heavy atom. The van der Waals surface area contributed by atoms with Gasteiger partial charge in [-0.2, -0.15) is 10.5 Å². The van der Waals surface area contributed by atoms with Gasteiger partial charge in [0, 0.05) is 17.5 Å². The van der Waals surface area contributed by atoms with Crippen LogP contribution in [-0.2, 0) is 0 Å². The summed E-state index contributed by atoms with van der Waals surface area (Å²) in [5.74, 6) is 0.892. The van der Waals surface area contributed by atoms with Gasteiger partial charge < -0.3 is 9.15 Å². The molecule has 5 heteroatoms. The molecule has 2 aromatic carbocycles. The van der Waals surface area contributed by atoms with Crippen molar-refractivity contribution in [2.45, 2.75) is 0 Å². The number of hydrogen-bond acceptors (Lipinski definition) is 5. The van der Waals surface area contributed by atoms with E-state index in [1.54, 1.807) is 30.3 Å². The summed E-state index contributed by atoms with van der Waals surface area (Å²) in [5.41, 5.74) is 0.514. The highest BCUT2D eigenvalue weighted by Gasteiger charge is 2.06. The van der Waals surface area contributed by atoms with E-state index in [1.165, 1.54) is 18.2 Å². The maximum absolute atomic E-state index is 11.2. The number of fused-ring (bicyclic) bond motifs is 1. The van der Waals surface area contributed by atoms with Crippen LogP contribution in [-0.4, -0.2) is 0 Å². The van der Waals surface area contributed by atoms with Gasteiger partial charge in [0.25, 0.3) is 0 Å². The van der Waals surface area contributed by atoms with Crippen LogP contribution in [0.15, 0.2) is 57.7 Å². The molecule has 0 spiro atoms. The molecular weight excluding hydrogens is 280 g/mol. The van der Waals surface area contributed by atoms with Gasteiger partial charge in [0.05, 0.1) is 11.1 Å². The predicted octanol–water partition coefficient (Wildman–Crippen LogP) is 3.33. The van der Waals surface area contributed by atoms with Gasteiger partial charge in [-0.15, -0.1) is 0 Å². The largest absolute Gasteiger partial charge is 0.457 e. The minimum absolute atomic E-state index is 0.243. The Balaban J connectivity index is 1.98. The normalized spacial score (nSPS) is 9.91. The van der Waals surface area contributed by atoms with Gasteiger partial charge in [-0.1, -0.05) is 0 Å². The highest BCUT2D eigenvalue weighted by atomic mass is 16.5. The Morgan fingerprint density at radius 3 is 2.32 bits per heavy atom. The summed E-state index contributed by atoms with van der Waals surface area (Å²) >= 11 is 0. The van der Waals surface area contributed by atoms with Crippen molar-refractivity contribution in [3.8, 4) is 23.6 Å². The number of nitrogens with zero attached hydrogens (tertiary/aromatic N) is 2. The number of benzene rings is 2. The summed E-state index contributed by atoms with van der Waals surface area (Å²) in [6.07, 6.45) is 0. The van der Waals surface area contributed by atoms with E-state index in [0.717, 1.165) is 5.39 Å². The van der Waals surface area contributed by atoms with Gasteiger partial charge in [0.15, 0.2) is 0 Å². The Labute approximate surface area is 125 Å². The van der Waals surface area contributed by atoms with E-state index >= 15 is 0 Å². The maximum Gasteiger partial charge on any atom is 0.336 e. The van der Waals surface area contributed by atoms with Crippen LogP contribution in [0.2, 0.25) is 0 Å². The number of hydrogen-bond donors (Lipinski definition) is 0. The fourth-order valence-corrected chi connectivity index (χ4v) is 2.02. The summed E-state index contributed by atoms with van der Waals surface area (Å²) in [7, 11) is 0. The van der Waals surface area contributed by atoms with Crippen molar-refractivity contribution in [1.29, 1.82) is 10.5 Å². The van der Waals surface area contributed by atoms with Crippen molar-refractivity contribution in [3.63, 3.8) is 0 Å². The molecule has 0 aliphatic carbocycles. The Bertz CT molecular complexity index is 1010. The molecule has 5 nitrogen and oxygen atoms in total. The van der Waals surface area contributed by atoms with E-state index in [1.807, 2.05) is 12.1 Å². The van der Waals surface area contributed by atoms with Crippen LogP contribution >= 0.6 is 0 Å². The van der Waals surface area contributed by atoms with E-state index in [9.17, 15) is 4.79 Å². The second-order valence-corrected chi connectivity index (χ2v) is 4.49. The van der Waals surface area contributed by atoms with Gasteiger partial charge in [0.1, 0.15) is 29.2 Å². The molecule has 3 aromatic rings. The van der Waals surface area contributed by atoms with Crippen LogP contribution in [0.25, 0.3) is 11.0 Å². The zero-order chi connectivity index (χ0) is 15.5. The lowest BCUT2D eigenvalue weighted by Gasteiger charge is -2.07. The van der Waals surface area contributed by atoms with Crippen LogP contribution in [0, 0.1) is 22.7 Å². The van der Waals surface area contributed by atoms with Gasteiger partial charge in [-0.05, 0) is 36.4 Å². The molecule has 0 saturated heterocycles. The molecule has 1 aromatic heterocycles. The van der Waals surface area contributed by atoms with Crippen molar-refractivity contribution < 1.29 is 9.15 Å². The lowest BCUT2D eigenvalue weighted by Crippen LogP contribution is -1.94. The monoisotopic (exact) mass is 288 g/mol.